The molecule has 7 nitrogen and oxygen atoms in total. The van der Waals surface area contributed by atoms with Crippen LogP contribution in [0.2, 0.25) is 0 Å². The fraction of sp³-hybridized carbons (Fsp3) is 0.450. The predicted molar refractivity (Wildman–Crippen MR) is 116 cm³/mol. The lowest BCUT2D eigenvalue weighted by Crippen LogP contribution is -2.30. The number of ketones is 1. The number of Topliss-reactive ketones (excluding diaryl/α,β-unsaturated/α-hetero) is 1. The predicted octanol–water partition coefficient (Wildman–Crippen LogP) is 3.05. The van der Waals surface area contributed by atoms with Gasteiger partial charge in [0.15, 0.2) is 0 Å². The Bertz CT molecular complexity index is 897. The molecule has 158 valence electrons. The third kappa shape index (κ3) is 7.58. The quantitative estimate of drug-likeness (QED) is 0.469. The SMILES string of the molecule is CCc1csc([C@H](Cc2ccc(N[SH](=O)=O)cc2)NC(=O)CCC(=O)C(C)C)n1. The maximum Gasteiger partial charge on any atom is 0.222 e. The lowest BCUT2D eigenvalue weighted by molar-refractivity contribution is -0.127. The maximum atomic E-state index is 12.4. The molecule has 2 rings (SSSR count). The van der Waals surface area contributed by atoms with Crippen molar-refractivity contribution in [1.29, 1.82) is 0 Å². The van der Waals surface area contributed by atoms with Crippen LogP contribution in [0, 0.1) is 5.92 Å². The first kappa shape index (κ1) is 23.0. The third-order valence-electron chi connectivity index (χ3n) is 4.42. The molecule has 0 saturated heterocycles. The normalized spacial score (nSPS) is 12.2. The number of aromatic nitrogens is 1. The number of anilines is 1. The molecule has 0 fully saturated rings. The van der Waals surface area contributed by atoms with Crippen molar-refractivity contribution in [1.82, 2.24) is 10.3 Å². The zero-order chi connectivity index (χ0) is 21.4. The van der Waals surface area contributed by atoms with Crippen LogP contribution >= 0.6 is 11.3 Å². The summed E-state index contributed by atoms with van der Waals surface area (Å²) in [7, 11) is -2.71. The van der Waals surface area contributed by atoms with Crippen molar-refractivity contribution >= 4 is 39.6 Å². The molecule has 1 amide bonds. The molecular weight excluding hydrogens is 410 g/mol. The summed E-state index contributed by atoms with van der Waals surface area (Å²) in [6.45, 7) is 5.68. The smallest absolute Gasteiger partial charge is 0.222 e. The molecule has 0 aliphatic carbocycles. The average Bonchev–Trinajstić information content (AvgIpc) is 3.15. The second kappa shape index (κ2) is 11.1. The Balaban J connectivity index is 2.10. The van der Waals surface area contributed by atoms with Crippen LogP contribution in [0.4, 0.5) is 5.69 Å². The largest absolute Gasteiger partial charge is 0.347 e. The summed E-state index contributed by atoms with van der Waals surface area (Å²) in [5, 5.41) is 5.80. The topological polar surface area (TPSA) is 105 Å². The fourth-order valence-corrected chi connectivity index (χ4v) is 4.01. The number of aryl methyl sites for hydroxylation is 1. The summed E-state index contributed by atoms with van der Waals surface area (Å²) in [5.41, 5.74) is 2.40. The summed E-state index contributed by atoms with van der Waals surface area (Å²) in [4.78, 5) is 28.8. The Labute approximate surface area is 177 Å². The van der Waals surface area contributed by atoms with Gasteiger partial charge in [0, 0.05) is 29.8 Å². The van der Waals surface area contributed by atoms with E-state index in [2.05, 4.69) is 15.0 Å². The number of thiazole rings is 1. The van der Waals surface area contributed by atoms with Gasteiger partial charge in [0.2, 0.25) is 16.8 Å². The van der Waals surface area contributed by atoms with E-state index in [1.54, 1.807) is 12.1 Å². The van der Waals surface area contributed by atoms with Crippen LogP contribution in [0.3, 0.4) is 0 Å². The highest BCUT2D eigenvalue weighted by molar-refractivity contribution is 7.73. The third-order valence-corrected chi connectivity index (χ3v) is 5.87. The fourth-order valence-electron chi connectivity index (χ4n) is 2.69. The van der Waals surface area contributed by atoms with E-state index >= 15 is 0 Å². The minimum atomic E-state index is -2.71. The van der Waals surface area contributed by atoms with E-state index in [1.165, 1.54) is 11.3 Å². The summed E-state index contributed by atoms with van der Waals surface area (Å²) in [5.74, 6) is -0.195. The molecule has 0 bridgehead atoms. The lowest BCUT2D eigenvalue weighted by Gasteiger charge is -2.17. The first-order chi connectivity index (χ1) is 13.8. The number of carbonyl (C=O) groups is 2. The van der Waals surface area contributed by atoms with E-state index < -0.39 is 10.9 Å². The standard InChI is InChI=1S/C20H27N3O4S2/c1-4-15-12-28-20(21-15)17(22-19(25)10-9-18(24)13(2)3)11-14-5-7-16(8-6-14)23-29(26)27/h5-8,12-13,17,29H,4,9-11H2,1-3H3,(H,22,25)(H,23,26,27)/t17-/m0/s1. The number of rotatable bonds is 11. The van der Waals surface area contributed by atoms with Gasteiger partial charge in [-0.05, 0) is 30.5 Å². The van der Waals surface area contributed by atoms with Gasteiger partial charge in [0.1, 0.15) is 10.8 Å². The van der Waals surface area contributed by atoms with Gasteiger partial charge in [-0.2, -0.15) is 0 Å². The molecule has 1 atom stereocenters. The van der Waals surface area contributed by atoms with Gasteiger partial charge in [-0.25, -0.2) is 13.4 Å². The van der Waals surface area contributed by atoms with Crippen molar-refractivity contribution in [3.63, 3.8) is 0 Å². The Hall–Kier alpha value is -2.26. The molecule has 0 aliphatic heterocycles. The molecule has 0 unspecified atom stereocenters. The zero-order valence-corrected chi connectivity index (χ0v) is 18.5. The van der Waals surface area contributed by atoms with Crippen LogP contribution in [-0.4, -0.2) is 25.1 Å². The molecule has 2 N–H and O–H groups in total. The molecule has 1 aromatic heterocycles. The van der Waals surface area contributed by atoms with Crippen molar-refractivity contribution in [2.75, 3.05) is 4.72 Å². The molecule has 0 spiro atoms. The van der Waals surface area contributed by atoms with E-state index in [1.807, 2.05) is 38.3 Å². The summed E-state index contributed by atoms with van der Waals surface area (Å²) in [6.07, 6.45) is 1.71. The zero-order valence-electron chi connectivity index (χ0n) is 16.8. The maximum absolute atomic E-state index is 12.4. The van der Waals surface area contributed by atoms with Gasteiger partial charge < -0.3 is 5.32 Å². The van der Waals surface area contributed by atoms with Crippen molar-refractivity contribution < 1.29 is 18.0 Å². The molecule has 0 aliphatic rings. The molecule has 1 aromatic carbocycles. The number of benzene rings is 1. The van der Waals surface area contributed by atoms with E-state index in [-0.39, 0.29) is 36.5 Å². The number of hydrogen-bond acceptors (Lipinski definition) is 6. The highest BCUT2D eigenvalue weighted by Gasteiger charge is 2.20. The first-order valence-corrected chi connectivity index (χ1v) is 11.6. The highest BCUT2D eigenvalue weighted by atomic mass is 32.2. The Kier molecular flexibility index (Phi) is 8.78. The van der Waals surface area contributed by atoms with Crippen LogP contribution < -0.4 is 10.0 Å². The van der Waals surface area contributed by atoms with Crippen molar-refractivity contribution in [2.45, 2.75) is 52.5 Å². The summed E-state index contributed by atoms with van der Waals surface area (Å²) < 4.78 is 23.9. The van der Waals surface area contributed by atoms with Crippen molar-refractivity contribution in [2.24, 2.45) is 5.92 Å². The van der Waals surface area contributed by atoms with Gasteiger partial charge in [-0.15, -0.1) is 11.3 Å². The molecule has 29 heavy (non-hydrogen) atoms. The number of nitrogens with one attached hydrogen (secondary N) is 2. The minimum absolute atomic E-state index is 0.0685. The molecule has 0 radical (unpaired) electrons. The van der Waals surface area contributed by atoms with Crippen LogP contribution in [0.15, 0.2) is 29.6 Å². The monoisotopic (exact) mass is 437 g/mol. The van der Waals surface area contributed by atoms with Crippen LogP contribution in [0.1, 0.15) is 55.9 Å². The van der Waals surface area contributed by atoms with Gasteiger partial charge in [-0.1, -0.05) is 32.9 Å². The summed E-state index contributed by atoms with van der Waals surface area (Å²) in [6, 6.07) is 6.69. The van der Waals surface area contributed by atoms with E-state index in [4.69, 9.17) is 0 Å². The van der Waals surface area contributed by atoms with Crippen LogP contribution in [-0.2, 0) is 33.3 Å². The van der Waals surface area contributed by atoms with Crippen LogP contribution in [0.5, 0.6) is 0 Å². The number of carbonyl (C=O) groups excluding carboxylic acids is 2. The Morgan fingerprint density at radius 2 is 1.83 bits per heavy atom. The van der Waals surface area contributed by atoms with E-state index in [0.29, 0.717) is 12.1 Å². The van der Waals surface area contributed by atoms with Crippen molar-refractivity contribution in [3.05, 3.63) is 45.9 Å². The molecule has 0 saturated carbocycles. The van der Waals surface area contributed by atoms with Gasteiger partial charge in [-0.3, -0.25) is 14.3 Å². The average molecular weight is 438 g/mol. The molecular formula is C20H27N3O4S2. The first-order valence-electron chi connectivity index (χ1n) is 9.54. The molecule has 2 aromatic rings. The Morgan fingerprint density at radius 3 is 2.38 bits per heavy atom. The van der Waals surface area contributed by atoms with E-state index in [9.17, 15) is 18.0 Å². The van der Waals surface area contributed by atoms with Crippen LogP contribution in [0.25, 0.3) is 0 Å². The second-order valence-electron chi connectivity index (χ2n) is 7.04. The number of nitrogens with zero attached hydrogens (tertiary/aromatic N) is 1. The van der Waals surface area contributed by atoms with E-state index in [0.717, 1.165) is 22.7 Å². The lowest BCUT2D eigenvalue weighted by atomic mass is 10.0. The molecule has 9 heteroatoms. The van der Waals surface area contributed by atoms with Gasteiger partial charge in [0.25, 0.3) is 0 Å². The Morgan fingerprint density at radius 1 is 1.14 bits per heavy atom. The highest BCUT2D eigenvalue weighted by Crippen LogP contribution is 2.24. The number of thiol groups is 1. The van der Waals surface area contributed by atoms with Gasteiger partial charge >= 0.3 is 0 Å². The summed E-state index contributed by atoms with van der Waals surface area (Å²) >= 11 is 1.50. The van der Waals surface area contributed by atoms with Gasteiger partial charge in [0.05, 0.1) is 11.7 Å². The number of hydrogen-bond donors (Lipinski definition) is 3. The second-order valence-corrected chi connectivity index (χ2v) is 8.67. The van der Waals surface area contributed by atoms with Crippen molar-refractivity contribution in [3.8, 4) is 0 Å². The number of amides is 1. The molecule has 1 heterocycles. The minimum Gasteiger partial charge on any atom is -0.347 e.